The fourth-order valence-electron chi connectivity index (χ4n) is 4.37. The maximum absolute atomic E-state index is 12.8. The highest BCUT2D eigenvalue weighted by atomic mass is 35.5. The van der Waals surface area contributed by atoms with Gasteiger partial charge >= 0.3 is 0 Å². The molecule has 1 heterocycles. The molecule has 0 radical (unpaired) electrons. The minimum absolute atomic E-state index is 0.126. The molecule has 33 heavy (non-hydrogen) atoms. The zero-order valence-corrected chi connectivity index (χ0v) is 20.4. The molecule has 0 saturated carbocycles. The quantitative estimate of drug-likeness (QED) is 0.385. The van der Waals surface area contributed by atoms with Crippen molar-refractivity contribution in [3.63, 3.8) is 0 Å². The van der Waals surface area contributed by atoms with Gasteiger partial charge in [-0.3, -0.25) is 9.69 Å². The number of hydrogen-bond donors (Lipinski definition) is 0. The molecule has 3 aromatic carbocycles. The molecule has 0 atom stereocenters. The van der Waals surface area contributed by atoms with Crippen LogP contribution >= 0.6 is 11.6 Å². The average Bonchev–Trinajstić information content (AvgIpc) is 2.85. The monoisotopic (exact) mass is 460 g/mol. The molecule has 1 aliphatic heterocycles. The van der Waals surface area contributed by atoms with Crippen LogP contribution in [0.25, 0.3) is 11.1 Å². The van der Waals surface area contributed by atoms with E-state index in [9.17, 15) is 4.79 Å². The first-order valence-electron chi connectivity index (χ1n) is 11.9. The molecule has 3 nitrogen and oxygen atoms in total. The molecule has 0 spiro atoms. The van der Waals surface area contributed by atoms with E-state index in [-0.39, 0.29) is 5.91 Å². The van der Waals surface area contributed by atoms with Crippen LogP contribution < -0.4 is 4.90 Å². The normalized spacial score (nSPS) is 14.9. The summed E-state index contributed by atoms with van der Waals surface area (Å²) >= 11 is 5.98. The lowest BCUT2D eigenvalue weighted by atomic mass is 9.98. The highest BCUT2D eigenvalue weighted by molar-refractivity contribution is 6.30. The van der Waals surface area contributed by atoms with Gasteiger partial charge in [0, 0.05) is 30.7 Å². The number of benzene rings is 3. The number of carbonyl (C=O) groups is 1. The van der Waals surface area contributed by atoms with Crippen LogP contribution in [0.2, 0.25) is 5.02 Å². The third kappa shape index (κ3) is 6.46. The van der Waals surface area contributed by atoms with Gasteiger partial charge in [-0.15, -0.1) is 0 Å². The molecule has 0 N–H and O–H groups in total. The fourth-order valence-corrected chi connectivity index (χ4v) is 4.50. The van der Waals surface area contributed by atoms with Gasteiger partial charge in [0.2, 0.25) is 5.91 Å². The van der Waals surface area contributed by atoms with Crippen molar-refractivity contribution in [2.45, 2.75) is 39.2 Å². The first kappa shape index (κ1) is 23.5. The van der Waals surface area contributed by atoms with E-state index >= 15 is 0 Å². The largest absolute Gasteiger partial charge is 0.315 e. The molecule has 3 aromatic rings. The molecule has 1 amide bonds. The van der Waals surface area contributed by atoms with E-state index in [2.05, 4.69) is 36.1 Å². The lowest BCUT2D eigenvalue weighted by Crippen LogP contribution is -2.32. The first-order valence-corrected chi connectivity index (χ1v) is 12.3. The van der Waals surface area contributed by atoms with Crippen molar-refractivity contribution >= 4 is 23.2 Å². The Morgan fingerprint density at radius 1 is 0.879 bits per heavy atom. The third-order valence-electron chi connectivity index (χ3n) is 6.74. The minimum atomic E-state index is 0.126. The Morgan fingerprint density at radius 2 is 1.42 bits per heavy atom. The standard InChI is InChI=1S/C29H33ClN2O/c1-22-17-19-32(20-18-22)21-24-5-3-23(4-6-24)7-16-29(33)31(2)28-14-10-26(11-15-28)25-8-12-27(30)13-9-25/h3-6,8-15,22H,7,16-21H2,1-2H3. The van der Waals surface area contributed by atoms with Crippen molar-refractivity contribution in [3.8, 4) is 11.1 Å². The second-order valence-corrected chi connectivity index (χ2v) is 9.72. The number of amides is 1. The molecular weight excluding hydrogens is 428 g/mol. The summed E-state index contributed by atoms with van der Waals surface area (Å²) in [5, 5.41) is 0.729. The summed E-state index contributed by atoms with van der Waals surface area (Å²) in [7, 11) is 1.85. The van der Waals surface area contributed by atoms with Crippen LogP contribution in [0, 0.1) is 5.92 Å². The Labute approximate surface area is 203 Å². The number of rotatable bonds is 7. The second-order valence-electron chi connectivity index (χ2n) is 9.28. The molecule has 0 bridgehead atoms. The van der Waals surface area contributed by atoms with Crippen molar-refractivity contribution in [3.05, 3.63) is 88.9 Å². The fraction of sp³-hybridized carbons (Fsp3) is 0.345. The summed E-state index contributed by atoms with van der Waals surface area (Å²) in [5.41, 5.74) is 5.70. The maximum atomic E-state index is 12.8. The topological polar surface area (TPSA) is 23.6 Å². The van der Waals surface area contributed by atoms with Gasteiger partial charge in [-0.1, -0.05) is 67.1 Å². The molecule has 1 aliphatic rings. The highest BCUT2D eigenvalue weighted by Crippen LogP contribution is 2.25. The lowest BCUT2D eigenvalue weighted by molar-refractivity contribution is -0.118. The summed E-state index contributed by atoms with van der Waals surface area (Å²) in [4.78, 5) is 17.1. The lowest BCUT2D eigenvalue weighted by Gasteiger charge is -2.30. The highest BCUT2D eigenvalue weighted by Gasteiger charge is 2.16. The Balaban J connectivity index is 1.28. The van der Waals surface area contributed by atoms with Crippen molar-refractivity contribution in [1.29, 1.82) is 0 Å². The van der Waals surface area contributed by atoms with E-state index in [0.29, 0.717) is 6.42 Å². The van der Waals surface area contributed by atoms with Crippen molar-refractivity contribution < 1.29 is 4.79 Å². The number of aryl methyl sites for hydroxylation is 1. The smallest absolute Gasteiger partial charge is 0.227 e. The van der Waals surface area contributed by atoms with E-state index in [0.717, 1.165) is 40.7 Å². The van der Waals surface area contributed by atoms with Crippen LogP contribution in [0.15, 0.2) is 72.8 Å². The third-order valence-corrected chi connectivity index (χ3v) is 6.99. The summed E-state index contributed by atoms with van der Waals surface area (Å²) < 4.78 is 0. The second kappa shape index (κ2) is 11.0. The first-order chi connectivity index (χ1) is 16.0. The van der Waals surface area contributed by atoms with Crippen LogP contribution in [0.4, 0.5) is 5.69 Å². The molecule has 0 aliphatic carbocycles. The molecule has 4 heteroatoms. The predicted octanol–water partition coefficient (Wildman–Crippen LogP) is 6.83. The Morgan fingerprint density at radius 3 is 2.03 bits per heavy atom. The molecule has 4 rings (SSSR count). The van der Waals surface area contributed by atoms with E-state index < -0.39 is 0 Å². The van der Waals surface area contributed by atoms with E-state index in [1.807, 2.05) is 55.6 Å². The summed E-state index contributed by atoms with van der Waals surface area (Å²) in [6.07, 6.45) is 3.86. The van der Waals surface area contributed by atoms with Gasteiger partial charge in [0.1, 0.15) is 0 Å². The van der Waals surface area contributed by atoms with Crippen molar-refractivity contribution in [2.24, 2.45) is 5.92 Å². The average molecular weight is 461 g/mol. The van der Waals surface area contributed by atoms with Crippen LogP contribution in [-0.4, -0.2) is 30.9 Å². The summed E-state index contributed by atoms with van der Waals surface area (Å²) in [5.74, 6) is 0.987. The van der Waals surface area contributed by atoms with Gasteiger partial charge in [0.15, 0.2) is 0 Å². The number of halogens is 1. The SMILES string of the molecule is CC1CCN(Cc2ccc(CCC(=O)N(C)c3ccc(-c4ccc(Cl)cc4)cc3)cc2)CC1. The Bertz CT molecular complexity index is 1040. The number of likely N-dealkylation sites (tertiary alicyclic amines) is 1. The van der Waals surface area contributed by atoms with Crippen LogP contribution in [0.1, 0.15) is 37.3 Å². The predicted molar refractivity (Wildman–Crippen MR) is 139 cm³/mol. The summed E-state index contributed by atoms with van der Waals surface area (Å²) in [6.45, 7) is 5.77. The van der Waals surface area contributed by atoms with Crippen LogP contribution in [0.3, 0.4) is 0 Å². The number of anilines is 1. The summed E-state index contributed by atoms with van der Waals surface area (Å²) in [6, 6.07) is 24.7. The molecule has 172 valence electrons. The van der Waals surface area contributed by atoms with Crippen LogP contribution in [0.5, 0.6) is 0 Å². The zero-order chi connectivity index (χ0) is 23.2. The van der Waals surface area contributed by atoms with Gasteiger partial charge in [-0.25, -0.2) is 0 Å². The van der Waals surface area contributed by atoms with Gasteiger partial charge in [-0.2, -0.15) is 0 Å². The van der Waals surface area contributed by atoms with Crippen molar-refractivity contribution in [1.82, 2.24) is 4.90 Å². The number of carbonyl (C=O) groups excluding carboxylic acids is 1. The number of hydrogen-bond acceptors (Lipinski definition) is 2. The zero-order valence-electron chi connectivity index (χ0n) is 19.6. The van der Waals surface area contributed by atoms with Crippen LogP contribution in [-0.2, 0) is 17.8 Å². The Kier molecular flexibility index (Phi) is 7.85. The van der Waals surface area contributed by atoms with Gasteiger partial charge in [-0.05, 0) is 84.8 Å². The van der Waals surface area contributed by atoms with E-state index in [4.69, 9.17) is 11.6 Å². The molecule has 0 aromatic heterocycles. The maximum Gasteiger partial charge on any atom is 0.227 e. The molecule has 0 unspecified atom stereocenters. The van der Waals surface area contributed by atoms with Gasteiger partial charge in [0.25, 0.3) is 0 Å². The Hall–Kier alpha value is -2.62. The molecule has 1 saturated heterocycles. The molecule has 1 fully saturated rings. The van der Waals surface area contributed by atoms with Gasteiger partial charge in [0.05, 0.1) is 0 Å². The van der Waals surface area contributed by atoms with E-state index in [1.165, 1.54) is 37.1 Å². The van der Waals surface area contributed by atoms with Crippen molar-refractivity contribution in [2.75, 3.05) is 25.0 Å². The van der Waals surface area contributed by atoms with Gasteiger partial charge < -0.3 is 4.90 Å². The minimum Gasteiger partial charge on any atom is -0.315 e. The number of nitrogens with zero attached hydrogens (tertiary/aromatic N) is 2. The molecular formula is C29H33ClN2O. The van der Waals surface area contributed by atoms with E-state index in [1.54, 1.807) is 4.90 Å². The number of piperidine rings is 1.